The van der Waals surface area contributed by atoms with Crippen molar-refractivity contribution < 1.29 is 9.47 Å². The normalized spacial score (nSPS) is 9.55. The Morgan fingerprint density at radius 2 is 1.90 bits per heavy atom. The summed E-state index contributed by atoms with van der Waals surface area (Å²) < 4.78 is 10.8. The molecule has 0 aliphatic rings. The third-order valence-corrected chi connectivity index (χ3v) is 2.61. The molecule has 0 unspecified atom stereocenters. The Balaban J connectivity index is 2.07. The number of aryl methyl sites for hydroxylation is 1. The van der Waals surface area contributed by atoms with Crippen LogP contribution in [0.15, 0.2) is 30.3 Å². The largest absolute Gasteiger partial charge is 0.497 e. The van der Waals surface area contributed by atoms with E-state index in [9.17, 15) is 0 Å². The van der Waals surface area contributed by atoms with Gasteiger partial charge in [0.2, 0.25) is 5.88 Å². The van der Waals surface area contributed by atoms with E-state index >= 15 is 0 Å². The van der Waals surface area contributed by atoms with Crippen LogP contribution in [0.4, 0.5) is 0 Å². The molecule has 4 heteroatoms. The molecule has 4 nitrogen and oxygen atoms in total. The molecule has 0 fully saturated rings. The molecule has 0 radical (unpaired) electrons. The number of aromatic nitrogens is 2. The number of hydrogen-bond donors (Lipinski definition) is 0. The van der Waals surface area contributed by atoms with Gasteiger partial charge >= 0.3 is 0 Å². The van der Waals surface area contributed by atoms with Gasteiger partial charge in [0, 0.05) is 6.07 Å². The highest BCUT2D eigenvalue weighted by molar-refractivity contribution is 5.31. The maximum absolute atomic E-state index is 5.67. The first-order valence-electron chi connectivity index (χ1n) is 6.25. The highest BCUT2D eigenvalue weighted by Gasteiger charge is 2.02. The predicted molar refractivity (Wildman–Crippen MR) is 76.6 cm³/mol. The predicted octanol–water partition coefficient (Wildman–Crippen LogP) is 2.74. The maximum atomic E-state index is 5.67. The van der Waals surface area contributed by atoms with Crippen LogP contribution in [0.2, 0.25) is 0 Å². The topological polar surface area (TPSA) is 44.2 Å². The second-order valence-corrected chi connectivity index (χ2v) is 4.15. The zero-order valence-corrected chi connectivity index (χ0v) is 11.8. The Kier molecular flexibility index (Phi) is 4.56. The summed E-state index contributed by atoms with van der Waals surface area (Å²) in [7, 11) is 1.64. The van der Waals surface area contributed by atoms with Gasteiger partial charge in [0.15, 0.2) is 0 Å². The van der Waals surface area contributed by atoms with Gasteiger partial charge in [-0.15, -0.1) is 0 Å². The molecule has 2 aromatic rings. The second-order valence-electron chi connectivity index (χ2n) is 4.15. The van der Waals surface area contributed by atoms with E-state index in [-0.39, 0.29) is 0 Å². The van der Waals surface area contributed by atoms with Gasteiger partial charge in [0.05, 0.1) is 7.11 Å². The van der Waals surface area contributed by atoms with Crippen molar-refractivity contribution in [2.75, 3.05) is 7.11 Å². The quantitative estimate of drug-likeness (QED) is 0.800. The van der Waals surface area contributed by atoms with Crippen LogP contribution >= 0.6 is 0 Å². The highest BCUT2D eigenvalue weighted by atomic mass is 16.5. The lowest BCUT2D eigenvalue weighted by Crippen LogP contribution is -2.00. The lowest BCUT2D eigenvalue weighted by molar-refractivity contribution is 0.292. The van der Waals surface area contributed by atoms with Crippen molar-refractivity contribution in [1.29, 1.82) is 0 Å². The average Bonchev–Trinajstić information content (AvgIpc) is 2.45. The first kappa shape index (κ1) is 13.9. The van der Waals surface area contributed by atoms with Crippen LogP contribution in [-0.2, 0) is 6.61 Å². The van der Waals surface area contributed by atoms with Crippen LogP contribution in [0.25, 0.3) is 0 Å². The van der Waals surface area contributed by atoms with Crippen LogP contribution in [0.1, 0.15) is 24.0 Å². The molecule has 0 saturated heterocycles. The Labute approximate surface area is 118 Å². The maximum Gasteiger partial charge on any atom is 0.218 e. The third-order valence-electron chi connectivity index (χ3n) is 2.61. The van der Waals surface area contributed by atoms with E-state index in [4.69, 9.17) is 9.47 Å². The van der Waals surface area contributed by atoms with E-state index in [1.807, 2.05) is 31.2 Å². The molecule has 20 heavy (non-hydrogen) atoms. The summed E-state index contributed by atoms with van der Waals surface area (Å²) in [6.45, 7) is 4.04. The van der Waals surface area contributed by atoms with Gasteiger partial charge in [-0.05, 0) is 37.5 Å². The van der Waals surface area contributed by atoms with Gasteiger partial charge in [-0.25, -0.2) is 4.98 Å². The van der Waals surface area contributed by atoms with E-state index in [1.165, 1.54) is 0 Å². The Morgan fingerprint density at radius 1 is 1.15 bits per heavy atom. The van der Waals surface area contributed by atoms with Gasteiger partial charge in [-0.1, -0.05) is 18.1 Å². The fourth-order valence-electron chi connectivity index (χ4n) is 1.69. The number of nitrogens with zero attached hydrogens (tertiary/aromatic N) is 2. The molecule has 0 aliphatic carbocycles. The van der Waals surface area contributed by atoms with Gasteiger partial charge < -0.3 is 9.47 Å². The van der Waals surface area contributed by atoms with Crippen molar-refractivity contribution in [3.63, 3.8) is 0 Å². The van der Waals surface area contributed by atoms with E-state index in [0.29, 0.717) is 24.0 Å². The van der Waals surface area contributed by atoms with Crippen molar-refractivity contribution in [3.05, 3.63) is 47.4 Å². The SMILES string of the molecule is CC#Cc1cc(OCc2ccc(OC)cc2)nc(C)n1. The minimum Gasteiger partial charge on any atom is -0.497 e. The van der Waals surface area contributed by atoms with E-state index in [2.05, 4.69) is 21.8 Å². The molecular formula is C16H16N2O2. The van der Waals surface area contributed by atoms with Crippen LogP contribution in [0.5, 0.6) is 11.6 Å². The lowest BCUT2D eigenvalue weighted by atomic mass is 10.2. The molecule has 1 aromatic carbocycles. The molecule has 0 amide bonds. The van der Waals surface area contributed by atoms with Crippen molar-refractivity contribution in [1.82, 2.24) is 9.97 Å². The molecule has 0 bridgehead atoms. The molecule has 1 heterocycles. The summed E-state index contributed by atoms with van der Waals surface area (Å²) in [6, 6.07) is 9.46. The molecule has 2 rings (SSSR count). The standard InChI is InChI=1S/C16H16N2O2/c1-4-5-14-10-16(18-12(2)17-14)20-11-13-6-8-15(19-3)9-7-13/h6-10H,11H2,1-3H3. The number of benzene rings is 1. The lowest BCUT2D eigenvalue weighted by Gasteiger charge is -2.07. The third kappa shape index (κ3) is 3.72. The van der Waals surface area contributed by atoms with Gasteiger partial charge in [0.25, 0.3) is 0 Å². The van der Waals surface area contributed by atoms with E-state index < -0.39 is 0 Å². The summed E-state index contributed by atoms with van der Waals surface area (Å²) in [6.07, 6.45) is 0. The molecular weight excluding hydrogens is 252 g/mol. The van der Waals surface area contributed by atoms with Gasteiger partial charge in [0.1, 0.15) is 23.9 Å². The highest BCUT2D eigenvalue weighted by Crippen LogP contribution is 2.14. The van der Waals surface area contributed by atoms with E-state index in [0.717, 1.165) is 11.3 Å². The van der Waals surface area contributed by atoms with Crippen LogP contribution in [0.3, 0.4) is 0 Å². The van der Waals surface area contributed by atoms with Crippen LogP contribution in [0, 0.1) is 18.8 Å². The summed E-state index contributed by atoms with van der Waals surface area (Å²) in [4.78, 5) is 8.46. The minimum atomic E-state index is 0.444. The summed E-state index contributed by atoms with van der Waals surface area (Å²) in [5.74, 6) is 7.73. The second kappa shape index (κ2) is 6.58. The fraction of sp³-hybridized carbons (Fsp3) is 0.250. The van der Waals surface area contributed by atoms with Gasteiger partial charge in [-0.3, -0.25) is 0 Å². The van der Waals surface area contributed by atoms with Crippen molar-refractivity contribution in [3.8, 4) is 23.5 Å². The molecule has 0 N–H and O–H groups in total. The zero-order chi connectivity index (χ0) is 14.4. The number of hydrogen-bond acceptors (Lipinski definition) is 4. The Morgan fingerprint density at radius 3 is 2.55 bits per heavy atom. The smallest absolute Gasteiger partial charge is 0.218 e. The Hall–Kier alpha value is -2.54. The summed E-state index contributed by atoms with van der Waals surface area (Å²) >= 11 is 0. The monoisotopic (exact) mass is 268 g/mol. The summed E-state index contributed by atoms with van der Waals surface area (Å²) in [5.41, 5.74) is 1.72. The molecule has 102 valence electrons. The average molecular weight is 268 g/mol. The van der Waals surface area contributed by atoms with Crippen LogP contribution < -0.4 is 9.47 Å². The number of rotatable bonds is 4. The molecule has 0 aliphatic heterocycles. The fourth-order valence-corrected chi connectivity index (χ4v) is 1.69. The van der Waals surface area contributed by atoms with Gasteiger partial charge in [-0.2, -0.15) is 4.98 Å². The van der Waals surface area contributed by atoms with Crippen molar-refractivity contribution in [2.24, 2.45) is 0 Å². The molecule has 0 atom stereocenters. The zero-order valence-electron chi connectivity index (χ0n) is 11.8. The molecule has 1 aromatic heterocycles. The number of ether oxygens (including phenoxy) is 2. The minimum absolute atomic E-state index is 0.444. The van der Waals surface area contributed by atoms with Crippen LogP contribution in [-0.4, -0.2) is 17.1 Å². The first-order valence-corrected chi connectivity index (χ1v) is 6.25. The molecule has 0 spiro atoms. The Bertz CT molecular complexity index is 640. The first-order chi connectivity index (χ1) is 9.71. The number of methoxy groups -OCH3 is 1. The molecule has 0 saturated carbocycles. The van der Waals surface area contributed by atoms with Crippen molar-refractivity contribution >= 4 is 0 Å². The summed E-state index contributed by atoms with van der Waals surface area (Å²) in [5, 5.41) is 0. The van der Waals surface area contributed by atoms with E-state index in [1.54, 1.807) is 20.1 Å². The van der Waals surface area contributed by atoms with Crippen molar-refractivity contribution in [2.45, 2.75) is 20.5 Å².